The van der Waals surface area contributed by atoms with Gasteiger partial charge in [0, 0.05) is 37.2 Å². The van der Waals surface area contributed by atoms with E-state index in [9.17, 15) is 9.59 Å². The van der Waals surface area contributed by atoms with Crippen LogP contribution in [0.4, 0.5) is 0 Å². The first-order valence-corrected chi connectivity index (χ1v) is 10.8. The molecule has 5 heteroatoms. The smallest absolute Gasteiger partial charge is 0.254 e. The third-order valence-electron chi connectivity index (χ3n) is 6.18. The molecule has 0 saturated carbocycles. The van der Waals surface area contributed by atoms with E-state index in [4.69, 9.17) is 0 Å². The molecule has 2 aromatic rings. The van der Waals surface area contributed by atoms with Crippen molar-refractivity contribution in [3.63, 3.8) is 0 Å². The zero-order valence-corrected chi connectivity index (χ0v) is 17.9. The number of rotatable bonds is 7. The van der Waals surface area contributed by atoms with Crippen LogP contribution < -0.4 is 5.32 Å². The Kier molecular flexibility index (Phi) is 7.26. The van der Waals surface area contributed by atoms with Crippen LogP contribution in [0.1, 0.15) is 44.0 Å². The fraction of sp³-hybridized carbons (Fsp3) is 0.500. The van der Waals surface area contributed by atoms with Crippen molar-refractivity contribution in [2.45, 2.75) is 39.7 Å². The van der Waals surface area contributed by atoms with Gasteiger partial charge in [0.2, 0.25) is 5.91 Å². The van der Waals surface area contributed by atoms with Crippen LogP contribution in [-0.2, 0) is 4.79 Å². The third kappa shape index (κ3) is 4.96. The number of hydrogen-bond donors (Lipinski definition) is 1. The van der Waals surface area contributed by atoms with E-state index in [1.807, 2.05) is 47.4 Å². The topological polar surface area (TPSA) is 52.7 Å². The monoisotopic (exact) mass is 395 g/mol. The molecule has 1 saturated heterocycles. The van der Waals surface area contributed by atoms with Gasteiger partial charge < -0.3 is 10.2 Å². The van der Waals surface area contributed by atoms with Gasteiger partial charge in [-0.2, -0.15) is 0 Å². The lowest BCUT2D eigenvalue weighted by molar-refractivity contribution is -0.126. The number of nitrogens with zero attached hydrogens (tertiary/aromatic N) is 2. The summed E-state index contributed by atoms with van der Waals surface area (Å²) in [5.74, 6) is 0.188. The molecule has 1 atom stereocenters. The Morgan fingerprint density at radius 2 is 1.72 bits per heavy atom. The fourth-order valence-corrected chi connectivity index (χ4v) is 4.30. The van der Waals surface area contributed by atoms with Crippen LogP contribution in [0.3, 0.4) is 0 Å². The maximum atomic E-state index is 13.1. The third-order valence-corrected chi connectivity index (χ3v) is 6.18. The second kappa shape index (κ2) is 9.88. The van der Waals surface area contributed by atoms with Crippen LogP contribution in [-0.4, -0.2) is 60.4 Å². The largest absolute Gasteiger partial charge is 0.354 e. The number of fused-ring (bicyclic) bond motifs is 1. The molecule has 1 aliphatic heterocycles. The molecule has 0 spiro atoms. The van der Waals surface area contributed by atoms with Gasteiger partial charge in [0.25, 0.3) is 5.91 Å². The molecule has 1 fully saturated rings. The number of carbonyl (C=O) groups is 2. The molecule has 156 valence electrons. The average molecular weight is 396 g/mol. The van der Waals surface area contributed by atoms with Crippen LogP contribution in [0.5, 0.6) is 0 Å². The molecular weight excluding hydrogens is 362 g/mol. The lowest BCUT2D eigenvalue weighted by Gasteiger charge is -2.32. The number of likely N-dealkylation sites (N-methyl/N-ethyl adjacent to an activating group) is 1. The van der Waals surface area contributed by atoms with Crippen molar-refractivity contribution < 1.29 is 9.59 Å². The van der Waals surface area contributed by atoms with Gasteiger partial charge in [-0.15, -0.1) is 0 Å². The molecule has 3 rings (SSSR count). The summed E-state index contributed by atoms with van der Waals surface area (Å²) in [5, 5.41) is 5.19. The first-order valence-electron chi connectivity index (χ1n) is 10.8. The van der Waals surface area contributed by atoms with E-state index < -0.39 is 0 Å². The summed E-state index contributed by atoms with van der Waals surface area (Å²) in [4.78, 5) is 29.9. The van der Waals surface area contributed by atoms with Crippen molar-refractivity contribution in [1.29, 1.82) is 0 Å². The zero-order chi connectivity index (χ0) is 20.8. The van der Waals surface area contributed by atoms with E-state index >= 15 is 0 Å². The maximum Gasteiger partial charge on any atom is 0.254 e. The number of carbonyl (C=O) groups excluding carboxylic acids is 2. The van der Waals surface area contributed by atoms with Crippen LogP contribution in [0.25, 0.3) is 10.8 Å². The zero-order valence-electron chi connectivity index (χ0n) is 17.9. The fourth-order valence-electron chi connectivity index (χ4n) is 4.30. The molecule has 1 aliphatic rings. The molecule has 1 unspecified atom stereocenters. The van der Waals surface area contributed by atoms with E-state index in [1.165, 1.54) is 0 Å². The van der Waals surface area contributed by atoms with Gasteiger partial charge in [-0.25, -0.2) is 0 Å². The molecule has 5 nitrogen and oxygen atoms in total. The molecule has 29 heavy (non-hydrogen) atoms. The predicted molar refractivity (Wildman–Crippen MR) is 118 cm³/mol. The van der Waals surface area contributed by atoms with Gasteiger partial charge in [0.1, 0.15) is 0 Å². The van der Waals surface area contributed by atoms with Gasteiger partial charge in [-0.1, -0.05) is 50.2 Å². The molecule has 0 aromatic heterocycles. The van der Waals surface area contributed by atoms with E-state index in [0.717, 1.165) is 42.3 Å². The van der Waals surface area contributed by atoms with Crippen molar-refractivity contribution in [3.05, 3.63) is 48.0 Å². The molecule has 0 radical (unpaired) electrons. The highest BCUT2D eigenvalue weighted by Crippen LogP contribution is 2.23. The van der Waals surface area contributed by atoms with Crippen LogP contribution >= 0.6 is 0 Å². The Morgan fingerprint density at radius 1 is 1.07 bits per heavy atom. The number of amides is 2. The second-order valence-electron chi connectivity index (χ2n) is 7.91. The Bertz CT molecular complexity index is 834. The van der Waals surface area contributed by atoms with Crippen LogP contribution in [0, 0.1) is 5.92 Å². The predicted octanol–water partition coefficient (Wildman–Crippen LogP) is 3.54. The molecule has 1 heterocycles. The lowest BCUT2D eigenvalue weighted by atomic mass is 9.94. The van der Waals surface area contributed by atoms with E-state index in [0.29, 0.717) is 25.7 Å². The maximum absolute atomic E-state index is 13.1. The van der Waals surface area contributed by atoms with Crippen molar-refractivity contribution in [3.8, 4) is 0 Å². The van der Waals surface area contributed by atoms with Gasteiger partial charge in [-0.3, -0.25) is 14.5 Å². The number of hydrogen-bond acceptors (Lipinski definition) is 3. The summed E-state index contributed by atoms with van der Waals surface area (Å²) < 4.78 is 0. The van der Waals surface area contributed by atoms with Crippen molar-refractivity contribution in [2.24, 2.45) is 5.92 Å². The van der Waals surface area contributed by atoms with Gasteiger partial charge in [0.15, 0.2) is 0 Å². The number of benzene rings is 2. The highest BCUT2D eigenvalue weighted by molar-refractivity contribution is 6.07. The summed E-state index contributed by atoms with van der Waals surface area (Å²) in [6.45, 7) is 10.4. The summed E-state index contributed by atoms with van der Waals surface area (Å²) in [6.07, 6.45) is 1.45. The van der Waals surface area contributed by atoms with Gasteiger partial charge in [0.05, 0.1) is 0 Å². The SMILES string of the molecule is CCN(CC)C(C)CNC(=O)C1CCN(C(=O)c2cccc3ccccc23)CC1. The average Bonchev–Trinajstić information content (AvgIpc) is 2.77. The van der Waals surface area contributed by atoms with Crippen molar-refractivity contribution in [1.82, 2.24) is 15.1 Å². The minimum Gasteiger partial charge on any atom is -0.354 e. The Hall–Kier alpha value is -2.40. The minimum atomic E-state index is -0.00419. The molecule has 0 aliphatic carbocycles. The highest BCUT2D eigenvalue weighted by atomic mass is 16.2. The number of piperidine rings is 1. The summed E-state index contributed by atoms with van der Waals surface area (Å²) in [7, 11) is 0. The van der Waals surface area contributed by atoms with E-state index in [1.54, 1.807) is 0 Å². The molecule has 2 aromatic carbocycles. The molecular formula is C24H33N3O2. The summed E-state index contributed by atoms with van der Waals surface area (Å²) >= 11 is 0. The van der Waals surface area contributed by atoms with E-state index in [2.05, 4.69) is 31.0 Å². The molecule has 1 N–H and O–H groups in total. The second-order valence-corrected chi connectivity index (χ2v) is 7.91. The molecule has 0 bridgehead atoms. The first-order chi connectivity index (χ1) is 14.0. The Morgan fingerprint density at radius 3 is 2.41 bits per heavy atom. The Labute approximate surface area is 174 Å². The normalized spacial score (nSPS) is 16.2. The van der Waals surface area contributed by atoms with Crippen LogP contribution in [0.15, 0.2) is 42.5 Å². The van der Waals surface area contributed by atoms with Crippen molar-refractivity contribution in [2.75, 3.05) is 32.7 Å². The summed E-state index contributed by atoms with van der Waals surface area (Å²) in [6, 6.07) is 14.2. The summed E-state index contributed by atoms with van der Waals surface area (Å²) in [5.41, 5.74) is 0.749. The van der Waals surface area contributed by atoms with Gasteiger partial charge >= 0.3 is 0 Å². The van der Waals surface area contributed by atoms with Crippen molar-refractivity contribution >= 4 is 22.6 Å². The Balaban J connectivity index is 1.55. The van der Waals surface area contributed by atoms with Gasteiger partial charge in [-0.05, 0) is 49.7 Å². The molecule has 2 amide bonds. The highest BCUT2D eigenvalue weighted by Gasteiger charge is 2.28. The minimum absolute atomic E-state index is 0.00419. The van der Waals surface area contributed by atoms with E-state index in [-0.39, 0.29) is 17.7 Å². The lowest BCUT2D eigenvalue weighted by Crippen LogP contribution is -2.46. The number of likely N-dealkylation sites (tertiary alicyclic amines) is 1. The first kappa shape index (κ1) is 21.3. The number of nitrogens with one attached hydrogen (secondary N) is 1. The quantitative estimate of drug-likeness (QED) is 0.780. The standard InChI is InChI=1S/C24H33N3O2/c1-4-26(5-2)18(3)17-25-23(28)20-13-15-27(16-14-20)24(29)22-12-8-10-19-9-6-7-11-21(19)22/h6-12,18,20H,4-5,13-17H2,1-3H3,(H,25,28). The van der Waals surface area contributed by atoms with Crippen LogP contribution in [0.2, 0.25) is 0 Å².